The van der Waals surface area contributed by atoms with Crippen molar-refractivity contribution in [2.45, 2.75) is 18.6 Å². The summed E-state index contributed by atoms with van der Waals surface area (Å²) in [5.74, 6) is 0. The fraction of sp³-hybridized carbons (Fsp3) is 0.200. The molecule has 1 N–H and O–H groups in total. The van der Waals surface area contributed by atoms with E-state index in [4.69, 9.17) is 0 Å². The van der Waals surface area contributed by atoms with Crippen molar-refractivity contribution < 1.29 is 0 Å². The van der Waals surface area contributed by atoms with E-state index in [-0.39, 0.29) is 8.80 Å². The van der Waals surface area contributed by atoms with Gasteiger partial charge in [0.15, 0.2) is 0 Å². The molecule has 0 spiro atoms. The minimum absolute atomic E-state index is 0.337. The van der Waals surface area contributed by atoms with Gasteiger partial charge in [-0.25, -0.2) is 0 Å². The molecular weight excluding hydrogens is 222 g/mol. The molecule has 1 heterocycles. The lowest BCUT2D eigenvalue weighted by Gasteiger charge is -2.12. The van der Waals surface area contributed by atoms with Gasteiger partial charge in [0.05, 0.1) is 8.80 Å². The maximum Gasteiger partial charge on any atom is 0.0548 e. The molecule has 1 aliphatic carbocycles. The third-order valence-corrected chi connectivity index (χ3v) is 5.15. The Morgan fingerprint density at radius 2 is 1.88 bits per heavy atom. The van der Waals surface area contributed by atoms with Crippen molar-refractivity contribution in [1.82, 2.24) is 4.98 Å². The van der Waals surface area contributed by atoms with Crippen LogP contribution >= 0.6 is 0 Å². The van der Waals surface area contributed by atoms with E-state index in [1.807, 2.05) is 6.20 Å². The molecule has 3 rings (SSSR count). The van der Waals surface area contributed by atoms with Gasteiger partial charge in [0.25, 0.3) is 0 Å². The maximum atomic E-state index is 3.32. The second-order valence-corrected chi connectivity index (χ2v) is 7.58. The molecule has 1 unspecified atom stereocenters. The first-order valence-electron chi connectivity index (χ1n) is 6.02. The van der Waals surface area contributed by atoms with E-state index in [0.717, 1.165) is 0 Å². The molecule has 1 nitrogen and oxygen atoms in total. The quantitative estimate of drug-likeness (QED) is 0.765. The summed E-state index contributed by atoms with van der Waals surface area (Å²) in [7, 11) is -0.337. The fourth-order valence-electron chi connectivity index (χ4n) is 2.57. The van der Waals surface area contributed by atoms with E-state index in [1.165, 1.54) is 22.4 Å². The van der Waals surface area contributed by atoms with Gasteiger partial charge in [-0.1, -0.05) is 43.4 Å². The molecular formula is C15H16NSi. The Bertz CT molecular complexity index is 552. The van der Waals surface area contributed by atoms with Gasteiger partial charge in [0.1, 0.15) is 0 Å². The Labute approximate surface area is 104 Å². The van der Waals surface area contributed by atoms with Gasteiger partial charge >= 0.3 is 0 Å². The van der Waals surface area contributed by atoms with Crippen LogP contribution in [0.15, 0.2) is 48.7 Å². The molecule has 0 aliphatic heterocycles. The normalized spacial score (nSPS) is 18.3. The predicted octanol–water partition coefficient (Wildman–Crippen LogP) is 3.84. The zero-order chi connectivity index (χ0) is 11.8. The highest BCUT2D eigenvalue weighted by atomic mass is 28.3. The average Bonchev–Trinajstić information content (AvgIpc) is 2.95. The third kappa shape index (κ3) is 1.69. The van der Waals surface area contributed by atoms with Crippen LogP contribution in [0, 0.1) is 0 Å². The second-order valence-electron chi connectivity index (χ2n) is 4.81. The van der Waals surface area contributed by atoms with Crippen LogP contribution in [0.5, 0.6) is 0 Å². The van der Waals surface area contributed by atoms with Crippen molar-refractivity contribution in [2.75, 3.05) is 0 Å². The molecule has 1 aliphatic rings. The van der Waals surface area contributed by atoms with E-state index in [2.05, 4.69) is 60.6 Å². The molecule has 1 aromatic carbocycles. The lowest BCUT2D eigenvalue weighted by atomic mass is 10.0. The predicted molar refractivity (Wildman–Crippen MR) is 74.5 cm³/mol. The van der Waals surface area contributed by atoms with E-state index in [1.54, 1.807) is 0 Å². The van der Waals surface area contributed by atoms with Gasteiger partial charge in [-0.2, -0.15) is 0 Å². The maximum absolute atomic E-state index is 3.32. The molecule has 0 bridgehead atoms. The third-order valence-electron chi connectivity index (χ3n) is 3.43. The number of allylic oxidation sites excluding steroid dienone is 1. The van der Waals surface area contributed by atoms with Crippen molar-refractivity contribution in [3.8, 4) is 0 Å². The van der Waals surface area contributed by atoms with Crippen LogP contribution in [0.2, 0.25) is 13.1 Å². The molecule has 0 saturated heterocycles. The highest BCUT2D eigenvalue weighted by molar-refractivity contribution is 6.58. The van der Waals surface area contributed by atoms with Crippen molar-refractivity contribution in [3.05, 3.63) is 65.5 Å². The van der Waals surface area contributed by atoms with Crippen LogP contribution in [0.25, 0.3) is 5.57 Å². The Balaban J connectivity index is 2.15. The standard InChI is InChI=1S/C15H16NSi/c1-17(2)15-10-13(14-8-5-9-16-14)11-6-3-4-7-12(11)15/h3-10,15-16H,1-2H3. The van der Waals surface area contributed by atoms with E-state index in [9.17, 15) is 0 Å². The summed E-state index contributed by atoms with van der Waals surface area (Å²) in [5.41, 5.74) is 6.18. The van der Waals surface area contributed by atoms with Crippen molar-refractivity contribution in [2.24, 2.45) is 0 Å². The van der Waals surface area contributed by atoms with Crippen LogP contribution in [-0.4, -0.2) is 13.8 Å². The summed E-state index contributed by atoms with van der Waals surface area (Å²) in [6.45, 7) is 4.78. The molecule has 85 valence electrons. The molecule has 1 radical (unpaired) electrons. The minimum Gasteiger partial charge on any atom is -0.361 e. The molecule has 2 aromatic rings. The number of aromatic amines is 1. The van der Waals surface area contributed by atoms with Crippen molar-refractivity contribution in [1.29, 1.82) is 0 Å². The molecule has 0 amide bonds. The average molecular weight is 238 g/mol. The first kappa shape index (κ1) is 10.6. The van der Waals surface area contributed by atoms with E-state index < -0.39 is 0 Å². The summed E-state index contributed by atoms with van der Waals surface area (Å²) in [4.78, 5) is 3.32. The van der Waals surface area contributed by atoms with Gasteiger partial charge in [-0.3, -0.25) is 0 Å². The van der Waals surface area contributed by atoms with Crippen molar-refractivity contribution >= 4 is 14.4 Å². The van der Waals surface area contributed by atoms with Crippen LogP contribution < -0.4 is 0 Å². The first-order valence-corrected chi connectivity index (χ1v) is 8.60. The number of nitrogens with one attached hydrogen (secondary N) is 1. The van der Waals surface area contributed by atoms with Crippen LogP contribution in [0.1, 0.15) is 22.4 Å². The Morgan fingerprint density at radius 3 is 2.59 bits per heavy atom. The summed E-state index contributed by atoms with van der Waals surface area (Å²) in [5, 5.41) is 0. The first-order chi connectivity index (χ1) is 8.27. The summed E-state index contributed by atoms with van der Waals surface area (Å²) in [6.07, 6.45) is 4.45. The lowest BCUT2D eigenvalue weighted by molar-refractivity contribution is 1.20. The smallest absolute Gasteiger partial charge is 0.0548 e. The van der Waals surface area contributed by atoms with Gasteiger partial charge in [0.2, 0.25) is 0 Å². The number of hydrogen-bond donors (Lipinski definition) is 1. The highest BCUT2D eigenvalue weighted by Crippen LogP contribution is 2.39. The minimum atomic E-state index is -0.337. The number of aromatic nitrogens is 1. The van der Waals surface area contributed by atoms with E-state index in [0.29, 0.717) is 5.54 Å². The summed E-state index contributed by atoms with van der Waals surface area (Å²) < 4.78 is 0. The largest absolute Gasteiger partial charge is 0.361 e. The fourth-order valence-corrected chi connectivity index (χ4v) is 3.94. The second kappa shape index (κ2) is 4.04. The zero-order valence-electron chi connectivity index (χ0n) is 10.2. The number of H-pyrrole nitrogens is 1. The molecule has 1 atom stereocenters. The number of hydrogen-bond acceptors (Lipinski definition) is 0. The molecule has 0 fully saturated rings. The van der Waals surface area contributed by atoms with Gasteiger partial charge in [0, 0.05) is 17.5 Å². The number of fused-ring (bicyclic) bond motifs is 1. The molecule has 0 saturated carbocycles. The van der Waals surface area contributed by atoms with Crippen LogP contribution in [-0.2, 0) is 0 Å². The van der Waals surface area contributed by atoms with Gasteiger partial charge in [-0.05, 0) is 28.8 Å². The van der Waals surface area contributed by atoms with E-state index >= 15 is 0 Å². The lowest BCUT2D eigenvalue weighted by Crippen LogP contribution is -2.11. The SMILES string of the molecule is C[Si](C)C1C=C(c2ccc[nH]2)c2ccccc21. The summed E-state index contributed by atoms with van der Waals surface area (Å²) in [6, 6.07) is 13.0. The van der Waals surface area contributed by atoms with Gasteiger partial charge in [-0.15, -0.1) is 0 Å². The Morgan fingerprint density at radius 1 is 1.06 bits per heavy atom. The molecule has 1 aromatic heterocycles. The van der Waals surface area contributed by atoms with Gasteiger partial charge < -0.3 is 4.98 Å². The van der Waals surface area contributed by atoms with Crippen LogP contribution in [0.3, 0.4) is 0 Å². The number of benzene rings is 1. The number of rotatable bonds is 2. The molecule has 17 heavy (non-hydrogen) atoms. The zero-order valence-corrected chi connectivity index (χ0v) is 11.2. The topological polar surface area (TPSA) is 15.8 Å². The Kier molecular flexibility index (Phi) is 2.52. The van der Waals surface area contributed by atoms with Crippen LogP contribution in [0.4, 0.5) is 0 Å². The highest BCUT2D eigenvalue weighted by Gasteiger charge is 2.26. The van der Waals surface area contributed by atoms with Crippen molar-refractivity contribution in [3.63, 3.8) is 0 Å². The Hall–Kier alpha value is -1.54. The monoisotopic (exact) mass is 238 g/mol. The summed E-state index contributed by atoms with van der Waals surface area (Å²) >= 11 is 0. The molecule has 2 heteroatoms.